The predicted octanol–water partition coefficient (Wildman–Crippen LogP) is 2.40. The molecule has 1 aromatic rings. The molecule has 18 heavy (non-hydrogen) atoms. The summed E-state index contributed by atoms with van der Waals surface area (Å²) in [7, 11) is 0. The van der Waals surface area contributed by atoms with Crippen LogP contribution < -0.4 is 11.1 Å². The monoisotopic (exact) mass is 312 g/mol. The van der Waals surface area contributed by atoms with Gasteiger partial charge in [0.2, 0.25) is 5.91 Å². The second kappa shape index (κ2) is 7.54. The number of hydrogen-bond acceptors (Lipinski definition) is 2. The molecule has 0 fully saturated rings. The lowest BCUT2D eigenvalue weighted by Crippen LogP contribution is -2.35. The fourth-order valence-corrected chi connectivity index (χ4v) is 2.24. The van der Waals surface area contributed by atoms with Gasteiger partial charge in [0.1, 0.15) is 0 Å². The lowest BCUT2D eigenvalue weighted by Gasteiger charge is -2.13. The molecule has 0 bridgehead atoms. The van der Waals surface area contributed by atoms with E-state index in [2.05, 4.69) is 40.3 Å². The maximum Gasteiger partial charge on any atom is 0.224 e. The van der Waals surface area contributed by atoms with Gasteiger partial charge < -0.3 is 11.1 Å². The fourth-order valence-electron chi connectivity index (χ4n) is 1.83. The zero-order valence-electron chi connectivity index (χ0n) is 11.0. The largest absolute Gasteiger partial charge is 0.355 e. The molecule has 3 nitrogen and oxygen atoms in total. The summed E-state index contributed by atoms with van der Waals surface area (Å²) in [5.74, 6) is 0.00116. The molecule has 0 heterocycles. The third-order valence-corrected chi connectivity index (χ3v) is 3.65. The quantitative estimate of drug-likeness (QED) is 0.847. The summed E-state index contributed by atoms with van der Waals surface area (Å²) in [6.07, 6.45) is 1.64. The highest BCUT2D eigenvalue weighted by Crippen LogP contribution is 2.16. The van der Waals surface area contributed by atoms with Gasteiger partial charge in [-0.05, 0) is 43.0 Å². The average Bonchev–Trinajstić information content (AvgIpc) is 2.35. The molecule has 100 valence electrons. The van der Waals surface area contributed by atoms with E-state index >= 15 is 0 Å². The van der Waals surface area contributed by atoms with E-state index in [0.29, 0.717) is 13.1 Å². The van der Waals surface area contributed by atoms with Gasteiger partial charge in [0, 0.05) is 23.5 Å². The van der Waals surface area contributed by atoms with Gasteiger partial charge in [-0.25, -0.2) is 0 Å². The standard InChI is InChI=1S/C14H21BrN2O/c1-3-11(9-16)14(18)17-7-6-12-8-13(15)5-4-10(12)2/h4-5,8,11H,3,6-7,9,16H2,1-2H3,(H,17,18). The van der Waals surface area contributed by atoms with Crippen molar-refractivity contribution in [2.75, 3.05) is 13.1 Å². The molecule has 0 aliphatic heterocycles. The molecule has 0 aliphatic carbocycles. The van der Waals surface area contributed by atoms with Gasteiger partial charge in [-0.2, -0.15) is 0 Å². The maximum atomic E-state index is 11.7. The molecule has 0 saturated carbocycles. The Morgan fingerprint density at radius 3 is 2.83 bits per heavy atom. The Morgan fingerprint density at radius 1 is 1.50 bits per heavy atom. The minimum atomic E-state index is -0.0615. The summed E-state index contributed by atoms with van der Waals surface area (Å²) < 4.78 is 1.07. The van der Waals surface area contributed by atoms with Crippen LogP contribution >= 0.6 is 15.9 Å². The van der Waals surface area contributed by atoms with E-state index < -0.39 is 0 Å². The number of carbonyl (C=O) groups is 1. The van der Waals surface area contributed by atoms with Crippen LogP contribution in [-0.4, -0.2) is 19.0 Å². The van der Waals surface area contributed by atoms with Crippen molar-refractivity contribution in [3.8, 4) is 0 Å². The molecule has 0 saturated heterocycles. The zero-order valence-corrected chi connectivity index (χ0v) is 12.6. The van der Waals surface area contributed by atoms with Crippen LogP contribution in [-0.2, 0) is 11.2 Å². The first kappa shape index (κ1) is 15.2. The number of hydrogen-bond donors (Lipinski definition) is 2. The molecule has 3 N–H and O–H groups in total. The van der Waals surface area contributed by atoms with Crippen LogP contribution in [0.1, 0.15) is 24.5 Å². The first-order valence-corrected chi connectivity index (χ1v) is 7.10. The Bertz CT molecular complexity index is 403. The molecule has 0 aliphatic rings. The highest BCUT2D eigenvalue weighted by atomic mass is 79.9. The lowest BCUT2D eigenvalue weighted by molar-refractivity contribution is -0.124. The van der Waals surface area contributed by atoms with Gasteiger partial charge in [0.05, 0.1) is 0 Å². The number of halogens is 1. The predicted molar refractivity (Wildman–Crippen MR) is 78.4 cm³/mol. The fraction of sp³-hybridized carbons (Fsp3) is 0.500. The van der Waals surface area contributed by atoms with Crippen LogP contribution in [0.15, 0.2) is 22.7 Å². The van der Waals surface area contributed by atoms with Crippen molar-refractivity contribution in [3.63, 3.8) is 0 Å². The van der Waals surface area contributed by atoms with E-state index in [1.807, 2.05) is 13.0 Å². The van der Waals surface area contributed by atoms with Crippen LogP contribution in [0.5, 0.6) is 0 Å². The third-order valence-electron chi connectivity index (χ3n) is 3.15. The number of carbonyl (C=O) groups excluding carboxylic acids is 1. The van der Waals surface area contributed by atoms with Crippen LogP contribution in [0.3, 0.4) is 0 Å². The van der Waals surface area contributed by atoms with Crippen molar-refractivity contribution in [3.05, 3.63) is 33.8 Å². The normalized spacial score (nSPS) is 12.2. The Labute approximate surface area is 117 Å². The number of nitrogens with one attached hydrogen (secondary N) is 1. The van der Waals surface area contributed by atoms with Gasteiger partial charge in [0.15, 0.2) is 0 Å². The molecule has 1 aromatic carbocycles. The molecule has 1 rings (SSSR count). The van der Waals surface area contributed by atoms with Crippen LogP contribution in [0.2, 0.25) is 0 Å². The van der Waals surface area contributed by atoms with E-state index in [4.69, 9.17) is 5.73 Å². The van der Waals surface area contributed by atoms with E-state index in [-0.39, 0.29) is 11.8 Å². The van der Waals surface area contributed by atoms with Crippen LogP contribution in [0, 0.1) is 12.8 Å². The van der Waals surface area contributed by atoms with Gasteiger partial charge in [0.25, 0.3) is 0 Å². The molecule has 1 atom stereocenters. The average molecular weight is 313 g/mol. The van der Waals surface area contributed by atoms with E-state index in [1.165, 1.54) is 11.1 Å². The molecule has 4 heteroatoms. The minimum absolute atomic E-state index is 0.0615. The van der Waals surface area contributed by atoms with Crippen LogP contribution in [0.4, 0.5) is 0 Å². The van der Waals surface area contributed by atoms with Gasteiger partial charge in [-0.3, -0.25) is 4.79 Å². The Balaban J connectivity index is 2.46. The summed E-state index contributed by atoms with van der Waals surface area (Å²) in [6.45, 7) is 5.14. The van der Waals surface area contributed by atoms with Crippen molar-refractivity contribution in [1.29, 1.82) is 0 Å². The zero-order chi connectivity index (χ0) is 13.5. The second-order valence-corrected chi connectivity index (χ2v) is 5.37. The molecule has 0 spiro atoms. The van der Waals surface area contributed by atoms with Gasteiger partial charge in [-0.15, -0.1) is 0 Å². The maximum absolute atomic E-state index is 11.7. The third kappa shape index (κ3) is 4.42. The number of benzene rings is 1. The molecule has 1 amide bonds. The summed E-state index contributed by atoms with van der Waals surface area (Å²) in [5, 5.41) is 2.95. The Kier molecular flexibility index (Phi) is 6.36. The first-order valence-electron chi connectivity index (χ1n) is 6.31. The summed E-state index contributed by atoms with van der Waals surface area (Å²) in [5.41, 5.74) is 8.05. The number of aryl methyl sites for hydroxylation is 1. The van der Waals surface area contributed by atoms with Crippen molar-refractivity contribution >= 4 is 21.8 Å². The van der Waals surface area contributed by atoms with Gasteiger partial charge in [-0.1, -0.05) is 28.9 Å². The van der Waals surface area contributed by atoms with Gasteiger partial charge >= 0.3 is 0 Å². The highest BCUT2D eigenvalue weighted by molar-refractivity contribution is 9.10. The SMILES string of the molecule is CCC(CN)C(=O)NCCc1cc(Br)ccc1C. The second-order valence-electron chi connectivity index (χ2n) is 4.45. The Morgan fingerprint density at radius 2 is 2.22 bits per heavy atom. The highest BCUT2D eigenvalue weighted by Gasteiger charge is 2.13. The summed E-state index contributed by atoms with van der Waals surface area (Å²) >= 11 is 3.46. The topological polar surface area (TPSA) is 55.1 Å². The number of amides is 1. The molecule has 0 aromatic heterocycles. The Hall–Kier alpha value is -0.870. The summed E-state index contributed by atoms with van der Waals surface area (Å²) in [6, 6.07) is 6.21. The molecular weight excluding hydrogens is 292 g/mol. The van der Waals surface area contributed by atoms with Crippen molar-refractivity contribution in [1.82, 2.24) is 5.32 Å². The number of nitrogens with two attached hydrogens (primary N) is 1. The molecular formula is C14H21BrN2O. The van der Waals surface area contributed by atoms with E-state index in [1.54, 1.807) is 0 Å². The minimum Gasteiger partial charge on any atom is -0.355 e. The van der Waals surface area contributed by atoms with Crippen molar-refractivity contribution in [2.45, 2.75) is 26.7 Å². The smallest absolute Gasteiger partial charge is 0.224 e. The van der Waals surface area contributed by atoms with Crippen molar-refractivity contribution < 1.29 is 4.79 Å². The lowest BCUT2D eigenvalue weighted by atomic mass is 10.0. The van der Waals surface area contributed by atoms with E-state index in [0.717, 1.165) is 17.3 Å². The first-order chi connectivity index (χ1) is 8.58. The van der Waals surface area contributed by atoms with E-state index in [9.17, 15) is 4.79 Å². The van der Waals surface area contributed by atoms with Crippen molar-refractivity contribution in [2.24, 2.45) is 11.7 Å². The number of rotatable bonds is 6. The molecule has 1 unspecified atom stereocenters. The summed E-state index contributed by atoms with van der Waals surface area (Å²) in [4.78, 5) is 11.7. The van der Waals surface area contributed by atoms with Crippen LogP contribution in [0.25, 0.3) is 0 Å². The molecule has 0 radical (unpaired) electrons.